The largest absolute Gasteiger partial charge is 0.364 e. The maximum absolute atomic E-state index is 4.78. The zero-order chi connectivity index (χ0) is 14.0. The Morgan fingerprint density at radius 3 is 2.67 bits per heavy atom. The number of aryl methyl sites for hydroxylation is 1. The molecule has 0 amide bonds. The van der Waals surface area contributed by atoms with E-state index in [0.717, 1.165) is 31.0 Å². The first kappa shape index (κ1) is 17.5. The lowest BCUT2D eigenvalue weighted by Gasteiger charge is -2.10. The number of hydrogen-bond donors (Lipinski definition) is 2. The summed E-state index contributed by atoms with van der Waals surface area (Å²) >= 11 is 0. The maximum Gasteiger partial charge on any atom is 0.191 e. The Morgan fingerprint density at radius 1 is 1.19 bits per heavy atom. The Morgan fingerprint density at radius 2 is 2.00 bits per heavy atom. The van der Waals surface area contributed by atoms with Gasteiger partial charge in [-0.3, -0.25) is 4.99 Å². The van der Waals surface area contributed by atoms with Crippen molar-refractivity contribution < 1.29 is 4.52 Å². The number of nitrogens with one attached hydrogen (secondary N) is 2. The van der Waals surface area contributed by atoms with Crippen molar-refractivity contribution in [2.75, 3.05) is 13.6 Å². The van der Waals surface area contributed by atoms with Gasteiger partial charge in [-0.2, -0.15) is 0 Å². The third kappa shape index (κ3) is 6.61. The van der Waals surface area contributed by atoms with E-state index in [1.165, 1.54) is 5.56 Å². The summed E-state index contributed by atoms with van der Waals surface area (Å²) in [6.07, 6.45) is 3.69. The number of hydrogen-bond acceptors (Lipinski definition) is 3. The number of aromatic nitrogens is 1. The van der Waals surface area contributed by atoms with Crippen molar-refractivity contribution >= 4 is 29.9 Å². The van der Waals surface area contributed by atoms with Crippen LogP contribution in [0.3, 0.4) is 0 Å². The van der Waals surface area contributed by atoms with Crippen LogP contribution in [-0.4, -0.2) is 24.7 Å². The van der Waals surface area contributed by atoms with Crippen LogP contribution in [0, 0.1) is 0 Å². The minimum atomic E-state index is 0. The molecule has 0 radical (unpaired) electrons. The van der Waals surface area contributed by atoms with Gasteiger partial charge in [0.25, 0.3) is 0 Å². The molecule has 6 heteroatoms. The van der Waals surface area contributed by atoms with Crippen LogP contribution in [0.5, 0.6) is 0 Å². The van der Waals surface area contributed by atoms with Crippen LogP contribution in [0.1, 0.15) is 17.7 Å². The van der Waals surface area contributed by atoms with Crippen LogP contribution in [0.4, 0.5) is 0 Å². The fourth-order valence-electron chi connectivity index (χ4n) is 1.87. The minimum Gasteiger partial charge on any atom is -0.364 e. The number of rotatable bonds is 6. The van der Waals surface area contributed by atoms with E-state index in [4.69, 9.17) is 4.52 Å². The highest BCUT2D eigenvalue weighted by atomic mass is 127. The van der Waals surface area contributed by atoms with E-state index in [-0.39, 0.29) is 24.0 Å². The molecule has 1 aromatic heterocycles. The maximum atomic E-state index is 4.78. The Hall–Kier alpha value is -1.57. The van der Waals surface area contributed by atoms with Gasteiger partial charge in [0.1, 0.15) is 12.0 Å². The van der Waals surface area contributed by atoms with Crippen molar-refractivity contribution in [1.29, 1.82) is 0 Å². The molecule has 0 spiro atoms. The van der Waals surface area contributed by atoms with Gasteiger partial charge in [0, 0.05) is 19.7 Å². The Bertz CT molecular complexity index is 514. The average Bonchev–Trinajstić information content (AvgIpc) is 3.01. The van der Waals surface area contributed by atoms with E-state index < -0.39 is 0 Å². The summed E-state index contributed by atoms with van der Waals surface area (Å²) in [6, 6.07) is 12.3. The van der Waals surface area contributed by atoms with E-state index in [2.05, 4.69) is 45.0 Å². The number of halogens is 1. The summed E-state index contributed by atoms with van der Waals surface area (Å²) < 4.78 is 4.78. The molecule has 114 valence electrons. The van der Waals surface area contributed by atoms with Gasteiger partial charge >= 0.3 is 0 Å². The molecule has 2 aromatic rings. The van der Waals surface area contributed by atoms with Crippen LogP contribution in [0.25, 0.3) is 0 Å². The van der Waals surface area contributed by atoms with Gasteiger partial charge in [-0.15, -0.1) is 24.0 Å². The molecule has 0 saturated carbocycles. The summed E-state index contributed by atoms with van der Waals surface area (Å²) in [5.74, 6) is 0.779. The third-order valence-electron chi connectivity index (χ3n) is 2.93. The number of guanidine groups is 1. The van der Waals surface area contributed by atoms with E-state index in [0.29, 0.717) is 6.54 Å². The highest BCUT2D eigenvalue weighted by Gasteiger charge is 2.00. The molecule has 0 bridgehead atoms. The first-order valence-corrected chi connectivity index (χ1v) is 6.76. The van der Waals surface area contributed by atoms with E-state index in [1.54, 1.807) is 13.3 Å². The minimum absolute atomic E-state index is 0. The van der Waals surface area contributed by atoms with Crippen molar-refractivity contribution in [3.63, 3.8) is 0 Å². The molecule has 0 atom stereocenters. The summed E-state index contributed by atoms with van der Waals surface area (Å²) in [5.41, 5.74) is 2.22. The topological polar surface area (TPSA) is 62.5 Å². The molecular weight excluding hydrogens is 379 g/mol. The molecule has 5 nitrogen and oxygen atoms in total. The van der Waals surface area contributed by atoms with Gasteiger partial charge in [-0.25, -0.2) is 0 Å². The Kier molecular flexibility index (Phi) is 8.49. The van der Waals surface area contributed by atoms with Gasteiger partial charge in [0.05, 0.1) is 6.54 Å². The molecule has 2 N–H and O–H groups in total. The van der Waals surface area contributed by atoms with E-state index in [1.807, 2.05) is 12.1 Å². The van der Waals surface area contributed by atoms with Gasteiger partial charge in [0.2, 0.25) is 0 Å². The smallest absolute Gasteiger partial charge is 0.191 e. The molecule has 21 heavy (non-hydrogen) atoms. The quantitative estimate of drug-likeness (QED) is 0.339. The van der Waals surface area contributed by atoms with Crippen LogP contribution in [-0.2, 0) is 13.0 Å². The van der Waals surface area contributed by atoms with Crippen molar-refractivity contribution in [1.82, 2.24) is 15.8 Å². The van der Waals surface area contributed by atoms with Crippen LogP contribution < -0.4 is 10.6 Å². The zero-order valence-electron chi connectivity index (χ0n) is 12.1. The fourth-order valence-corrected chi connectivity index (χ4v) is 1.87. The molecule has 0 aliphatic carbocycles. The first-order chi connectivity index (χ1) is 9.88. The lowest BCUT2D eigenvalue weighted by molar-refractivity contribution is 0.410. The number of nitrogens with zero attached hydrogens (tertiary/aromatic N) is 2. The number of benzene rings is 1. The van der Waals surface area contributed by atoms with Gasteiger partial charge in [-0.1, -0.05) is 35.5 Å². The van der Waals surface area contributed by atoms with Crippen molar-refractivity contribution in [3.05, 3.63) is 53.9 Å². The standard InChI is InChI=1S/C15H20N4O.HI/c1-16-15(18-12-14-9-11-20-19-14)17-10-5-8-13-6-3-2-4-7-13;/h2-4,6-7,9,11H,5,8,10,12H2,1H3,(H2,16,17,18);1H. The van der Waals surface area contributed by atoms with Crippen molar-refractivity contribution in [3.8, 4) is 0 Å². The second-order valence-electron chi connectivity index (χ2n) is 4.43. The summed E-state index contributed by atoms with van der Waals surface area (Å²) in [7, 11) is 1.76. The average molecular weight is 400 g/mol. The lowest BCUT2D eigenvalue weighted by atomic mass is 10.1. The summed E-state index contributed by atoms with van der Waals surface area (Å²) in [4.78, 5) is 4.17. The van der Waals surface area contributed by atoms with Crippen LogP contribution >= 0.6 is 24.0 Å². The molecular formula is C15H21IN4O. The predicted octanol–water partition coefficient (Wildman–Crippen LogP) is 2.59. The molecule has 2 rings (SSSR count). The first-order valence-electron chi connectivity index (χ1n) is 6.76. The SMILES string of the molecule is CN=C(NCCCc1ccccc1)NCc1ccon1.I. The monoisotopic (exact) mass is 400 g/mol. The Labute approximate surface area is 142 Å². The summed E-state index contributed by atoms with van der Waals surface area (Å²) in [6.45, 7) is 1.49. The Balaban J connectivity index is 0.00000220. The van der Waals surface area contributed by atoms with Gasteiger partial charge in [-0.05, 0) is 18.4 Å². The molecule has 0 aliphatic rings. The molecule has 1 aromatic carbocycles. The molecule has 0 saturated heterocycles. The molecule has 1 heterocycles. The highest BCUT2D eigenvalue weighted by Crippen LogP contribution is 2.01. The fraction of sp³-hybridized carbons (Fsp3) is 0.333. The normalized spacial score (nSPS) is 10.8. The highest BCUT2D eigenvalue weighted by molar-refractivity contribution is 14.0. The molecule has 0 unspecified atom stereocenters. The van der Waals surface area contributed by atoms with Crippen LogP contribution in [0.15, 0.2) is 52.2 Å². The summed E-state index contributed by atoms with van der Waals surface area (Å²) in [5, 5.41) is 10.3. The molecule has 0 fully saturated rings. The van der Waals surface area contributed by atoms with Gasteiger partial charge < -0.3 is 15.2 Å². The zero-order valence-corrected chi connectivity index (χ0v) is 14.4. The third-order valence-corrected chi connectivity index (χ3v) is 2.93. The predicted molar refractivity (Wildman–Crippen MR) is 94.9 cm³/mol. The second-order valence-corrected chi connectivity index (χ2v) is 4.43. The lowest BCUT2D eigenvalue weighted by Crippen LogP contribution is -2.37. The van der Waals surface area contributed by atoms with E-state index >= 15 is 0 Å². The van der Waals surface area contributed by atoms with Crippen molar-refractivity contribution in [2.45, 2.75) is 19.4 Å². The van der Waals surface area contributed by atoms with E-state index in [9.17, 15) is 0 Å². The second kappa shape index (κ2) is 10.2. The van der Waals surface area contributed by atoms with Crippen LogP contribution in [0.2, 0.25) is 0 Å². The number of aliphatic imine (C=N–C) groups is 1. The van der Waals surface area contributed by atoms with Crippen molar-refractivity contribution in [2.24, 2.45) is 4.99 Å². The van der Waals surface area contributed by atoms with Gasteiger partial charge in [0.15, 0.2) is 5.96 Å². The molecule has 0 aliphatic heterocycles.